The number of ether oxygens (including phenoxy) is 3. The van der Waals surface area contributed by atoms with Crippen molar-refractivity contribution in [3.05, 3.63) is 87.5 Å². The molecule has 3 aromatic carbocycles. The van der Waals surface area contributed by atoms with Crippen LogP contribution >= 0.6 is 11.3 Å². The van der Waals surface area contributed by atoms with Crippen molar-refractivity contribution in [1.29, 1.82) is 0 Å². The average molecular weight is 546 g/mol. The molecular weight excluding hydrogens is 526 g/mol. The maximum atomic E-state index is 13.5. The normalized spacial score (nSPS) is 18.0. The second-order valence-electron chi connectivity index (χ2n) is 8.71. The number of hydrogen-bond donors (Lipinski definition) is 1. The smallest absolute Gasteiger partial charge is 0.301 e. The number of Topliss-reactive ketones (excluding diaryl/α,β-unsaturated/α-hetero) is 1. The van der Waals surface area contributed by atoms with E-state index < -0.39 is 28.4 Å². The first kappa shape index (κ1) is 24.4. The number of benzene rings is 3. The van der Waals surface area contributed by atoms with Crippen LogP contribution in [0.4, 0.5) is 10.8 Å². The Hall–Kier alpha value is -4.97. The molecule has 0 spiro atoms. The van der Waals surface area contributed by atoms with Crippen LogP contribution in [-0.4, -0.2) is 47.0 Å². The van der Waals surface area contributed by atoms with Gasteiger partial charge >= 0.3 is 5.91 Å². The summed E-state index contributed by atoms with van der Waals surface area (Å²) in [7, 11) is 1.53. The molecule has 0 saturated carbocycles. The molecule has 1 fully saturated rings. The van der Waals surface area contributed by atoms with E-state index in [9.17, 15) is 24.8 Å². The maximum Gasteiger partial charge on any atom is 0.301 e. The van der Waals surface area contributed by atoms with Gasteiger partial charge in [0.25, 0.3) is 11.5 Å². The molecular formula is C27H19N3O8S. The molecule has 1 aromatic heterocycles. The van der Waals surface area contributed by atoms with Gasteiger partial charge in [-0.05, 0) is 42.0 Å². The highest BCUT2D eigenvalue weighted by Crippen LogP contribution is 2.45. The van der Waals surface area contributed by atoms with Crippen molar-refractivity contribution in [1.82, 2.24) is 4.98 Å². The van der Waals surface area contributed by atoms with Crippen LogP contribution in [0.25, 0.3) is 16.0 Å². The van der Waals surface area contributed by atoms with Crippen LogP contribution in [0, 0.1) is 10.1 Å². The number of nitrogens with zero attached hydrogens (tertiary/aromatic N) is 3. The predicted molar refractivity (Wildman–Crippen MR) is 141 cm³/mol. The van der Waals surface area contributed by atoms with Crippen LogP contribution in [0.1, 0.15) is 17.2 Å². The number of hydrogen-bond acceptors (Lipinski definition) is 10. The molecule has 1 N–H and O–H groups in total. The van der Waals surface area contributed by atoms with E-state index in [4.69, 9.17) is 14.2 Å². The Morgan fingerprint density at radius 1 is 1.10 bits per heavy atom. The number of amides is 1. The van der Waals surface area contributed by atoms with Gasteiger partial charge in [0.1, 0.15) is 24.7 Å². The van der Waals surface area contributed by atoms with Crippen molar-refractivity contribution >= 4 is 49.8 Å². The topological polar surface area (TPSA) is 141 Å². The molecule has 0 bridgehead atoms. The summed E-state index contributed by atoms with van der Waals surface area (Å²) in [4.78, 5) is 43.7. The lowest BCUT2D eigenvalue weighted by molar-refractivity contribution is -0.384. The molecule has 1 saturated heterocycles. The number of aliphatic hydroxyl groups is 1. The monoisotopic (exact) mass is 545 g/mol. The lowest BCUT2D eigenvalue weighted by atomic mass is 9.95. The summed E-state index contributed by atoms with van der Waals surface area (Å²) in [6, 6.07) is 14.3. The fourth-order valence-corrected chi connectivity index (χ4v) is 5.64. The van der Waals surface area contributed by atoms with Gasteiger partial charge < -0.3 is 19.3 Å². The molecule has 3 heterocycles. The van der Waals surface area contributed by atoms with Gasteiger partial charge in [0.2, 0.25) is 0 Å². The van der Waals surface area contributed by atoms with E-state index >= 15 is 0 Å². The van der Waals surface area contributed by atoms with E-state index in [2.05, 4.69) is 4.98 Å². The molecule has 12 heteroatoms. The largest absolute Gasteiger partial charge is 0.507 e. The highest BCUT2D eigenvalue weighted by Gasteiger charge is 2.48. The number of nitro groups is 1. The first-order valence-electron chi connectivity index (χ1n) is 11.8. The fraction of sp³-hybridized carbons (Fsp3) is 0.148. The van der Waals surface area contributed by atoms with Gasteiger partial charge in [-0.1, -0.05) is 23.5 Å². The SMILES string of the molecule is COc1ccc2nc(N3C(=O)C(=O)/C(=C(\O)c4ccc5c(c4)OCCO5)C3c3cccc([N+](=O)[O-])c3)sc2c1. The number of anilines is 1. The van der Waals surface area contributed by atoms with Gasteiger partial charge in [0, 0.05) is 17.7 Å². The minimum Gasteiger partial charge on any atom is -0.507 e. The van der Waals surface area contributed by atoms with Crippen molar-refractivity contribution in [3.63, 3.8) is 0 Å². The molecule has 39 heavy (non-hydrogen) atoms. The Morgan fingerprint density at radius 3 is 2.67 bits per heavy atom. The van der Waals surface area contributed by atoms with Crippen LogP contribution < -0.4 is 19.1 Å². The Balaban J connectivity index is 1.55. The number of aromatic nitrogens is 1. The first-order chi connectivity index (χ1) is 18.9. The molecule has 0 radical (unpaired) electrons. The maximum absolute atomic E-state index is 13.5. The van der Waals surface area contributed by atoms with E-state index in [1.54, 1.807) is 36.4 Å². The van der Waals surface area contributed by atoms with Crippen molar-refractivity contribution in [2.75, 3.05) is 25.2 Å². The van der Waals surface area contributed by atoms with Gasteiger partial charge in [-0.3, -0.25) is 24.6 Å². The predicted octanol–water partition coefficient (Wildman–Crippen LogP) is 4.61. The van der Waals surface area contributed by atoms with Gasteiger partial charge in [-0.25, -0.2) is 4.98 Å². The Labute approximate surface area is 224 Å². The minimum absolute atomic E-state index is 0.193. The van der Waals surface area contributed by atoms with Crippen LogP contribution in [0.5, 0.6) is 17.2 Å². The number of carbonyl (C=O) groups is 2. The van der Waals surface area contributed by atoms with Gasteiger partial charge in [-0.15, -0.1) is 0 Å². The highest BCUT2D eigenvalue weighted by molar-refractivity contribution is 7.22. The molecule has 0 aliphatic carbocycles. The third-order valence-corrected chi connectivity index (χ3v) is 7.46. The van der Waals surface area contributed by atoms with E-state index in [1.807, 2.05) is 0 Å². The lowest BCUT2D eigenvalue weighted by Crippen LogP contribution is -2.29. The third kappa shape index (κ3) is 4.10. The van der Waals surface area contributed by atoms with Crippen LogP contribution in [0.3, 0.4) is 0 Å². The van der Waals surface area contributed by atoms with Crippen molar-refractivity contribution in [3.8, 4) is 17.2 Å². The second kappa shape index (κ2) is 9.40. The fourth-order valence-electron chi connectivity index (χ4n) is 4.62. The molecule has 1 amide bonds. The number of carbonyl (C=O) groups excluding carboxylic acids is 2. The number of thiazole rings is 1. The molecule has 11 nitrogen and oxygen atoms in total. The van der Waals surface area contributed by atoms with Crippen LogP contribution in [0.15, 0.2) is 66.2 Å². The van der Waals surface area contributed by atoms with Crippen molar-refractivity contribution < 1.29 is 33.8 Å². The Morgan fingerprint density at radius 2 is 1.90 bits per heavy atom. The second-order valence-corrected chi connectivity index (χ2v) is 9.72. The Kier molecular flexibility index (Phi) is 5.88. The zero-order valence-electron chi connectivity index (χ0n) is 20.3. The van der Waals surface area contributed by atoms with Crippen molar-refractivity contribution in [2.24, 2.45) is 0 Å². The third-order valence-electron chi connectivity index (χ3n) is 6.45. The summed E-state index contributed by atoms with van der Waals surface area (Å²) in [5.74, 6) is -0.863. The van der Waals surface area contributed by atoms with Gasteiger partial charge in [-0.2, -0.15) is 0 Å². The zero-order chi connectivity index (χ0) is 27.3. The van der Waals surface area contributed by atoms with Crippen LogP contribution in [-0.2, 0) is 9.59 Å². The number of ketones is 1. The van der Waals surface area contributed by atoms with E-state index in [1.165, 1.54) is 36.3 Å². The number of fused-ring (bicyclic) bond motifs is 2. The first-order valence-corrected chi connectivity index (χ1v) is 12.6. The standard InChI is InChI=1S/C27H19N3O8S/c1-36-17-6-7-18-21(13-17)39-27(28-18)29-23(14-3-2-4-16(11-14)30(34)35)22(25(32)26(29)33)24(31)15-5-8-19-20(12-15)38-10-9-37-19/h2-8,11-13,23,31H,9-10H2,1H3/b24-22-. The highest BCUT2D eigenvalue weighted by atomic mass is 32.1. The number of aliphatic hydroxyl groups excluding tert-OH is 1. The molecule has 1 unspecified atom stereocenters. The summed E-state index contributed by atoms with van der Waals surface area (Å²) < 4.78 is 17.1. The van der Waals surface area contributed by atoms with E-state index in [-0.39, 0.29) is 27.5 Å². The number of nitro benzene ring substituents is 1. The Bertz CT molecular complexity index is 1710. The number of non-ortho nitro benzene ring substituents is 1. The van der Waals surface area contributed by atoms with Crippen molar-refractivity contribution in [2.45, 2.75) is 6.04 Å². The molecule has 196 valence electrons. The quantitative estimate of drug-likeness (QED) is 0.125. The number of methoxy groups -OCH3 is 1. The van der Waals surface area contributed by atoms with E-state index in [0.717, 1.165) is 11.3 Å². The zero-order valence-corrected chi connectivity index (χ0v) is 21.1. The summed E-state index contributed by atoms with van der Waals surface area (Å²) in [6.07, 6.45) is 0. The summed E-state index contributed by atoms with van der Waals surface area (Å²) in [5, 5.41) is 23.2. The lowest BCUT2D eigenvalue weighted by Gasteiger charge is -2.23. The molecule has 4 aromatic rings. The molecule has 1 atom stereocenters. The van der Waals surface area contributed by atoms with Gasteiger partial charge in [0.15, 0.2) is 16.6 Å². The molecule has 2 aliphatic heterocycles. The summed E-state index contributed by atoms with van der Waals surface area (Å²) in [5.41, 5.74) is 0.601. The van der Waals surface area contributed by atoms with E-state index in [0.29, 0.717) is 40.7 Å². The molecule has 6 rings (SSSR count). The summed E-state index contributed by atoms with van der Waals surface area (Å²) in [6.45, 7) is 0.696. The minimum atomic E-state index is -1.18. The molecule has 2 aliphatic rings. The van der Waals surface area contributed by atoms with Crippen LogP contribution in [0.2, 0.25) is 0 Å². The van der Waals surface area contributed by atoms with Gasteiger partial charge in [0.05, 0.1) is 33.9 Å². The summed E-state index contributed by atoms with van der Waals surface area (Å²) >= 11 is 1.15. The number of rotatable bonds is 5. The average Bonchev–Trinajstić information content (AvgIpc) is 3.49.